The van der Waals surface area contributed by atoms with Gasteiger partial charge >= 0.3 is 0 Å². The third-order valence-electron chi connectivity index (χ3n) is 3.51. The van der Waals surface area contributed by atoms with E-state index in [9.17, 15) is 9.59 Å². The number of ketones is 2. The van der Waals surface area contributed by atoms with Gasteiger partial charge in [0, 0.05) is 22.3 Å². The Labute approximate surface area is 94.0 Å². The zero-order valence-corrected chi connectivity index (χ0v) is 9.33. The predicted octanol–water partition coefficient (Wildman–Crippen LogP) is 2.79. The summed E-state index contributed by atoms with van der Waals surface area (Å²) < 4.78 is 0. The van der Waals surface area contributed by atoms with Gasteiger partial charge in [-0.25, -0.2) is 0 Å². The van der Waals surface area contributed by atoms with Gasteiger partial charge in [-0.05, 0) is 11.8 Å². The van der Waals surface area contributed by atoms with Crippen molar-refractivity contribution < 1.29 is 9.59 Å². The highest BCUT2D eigenvalue weighted by molar-refractivity contribution is 6.29. The molecule has 0 aromatic heterocycles. The molecule has 2 aliphatic rings. The van der Waals surface area contributed by atoms with Gasteiger partial charge in [0.25, 0.3) is 0 Å². The lowest BCUT2D eigenvalue weighted by Crippen LogP contribution is -2.39. The number of fused-ring (bicyclic) bond motifs is 1. The van der Waals surface area contributed by atoms with Crippen molar-refractivity contribution in [2.75, 3.05) is 0 Å². The number of benzene rings is 1. The van der Waals surface area contributed by atoms with Crippen LogP contribution in [-0.4, -0.2) is 11.6 Å². The van der Waals surface area contributed by atoms with Crippen LogP contribution in [0.5, 0.6) is 0 Å². The van der Waals surface area contributed by atoms with E-state index in [4.69, 9.17) is 0 Å². The first-order valence-corrected chi connectivity index (χ1v) is 5.44. The number of carbonyl (C=O) groups excluding carboxylic acids is 2. The molecule has 0 radical (unpaired) electrons. The molecule has 1 aromatic rings. The molecule has 0 N–H and O–H groups in total. The number of hydrogen-bond acceptors (Lipinski definition) is 2. The van der Waals surface area contributed by atoms with Gasteiger partial charge in [-0.15, -0.1) is 0 Å². The van der Waals surface area contributed by atoms with Gasteiger partial charge in [0.1, 0.15) is 0 Å². The number of hydrogen-bond donors (Lipinski definition) is 0. The molecule has 0 heterocycles. The van der Waals surface area contributed by atoms with Crippen LogP contribution in [0.3, 0.4) is 0 Å². The lowest BCUT2D eigenvalue weighted by molar-refractivity contribution is 0.0915. The fraction of sp³-hybridized carbons (Fsp3) is 0.286. The van der Waals surface area contributed by atoms with Gasteiger partial charge in [0.15, 0.2) is 11.6 Å². The average Bonchev–Trinajstić information content (AvgIpc) is 2.24. The molecule has 0 amide bonds. The Balaban J connectivity index is 2.26. The van der Waals surface area contributed by atoms with Gasteiger partial charge in [-0.3, -0.25) is 9.59 Å². The number of rotatable bonds is 0. The highest BCUT2D eigenvalue weighted by Gasteiger charge is 2.47. The summed E-state index contributed by atoms with van der Waals surface area (Å²) in [7, 11) is 0. The summed E-state index contributed by atoms with van der Waals surface area (Å²) in [6.07, 6.45) is 0.723. The van der Waals surface area contributed by atoms with Crippen molar-refractivity contribution in [3.05, 3.63) is 46.5 Å². The van der Waals surface area contributed by atoms with E-state index in [0.717, 1.165) is 17.6 Å². The van der Waals surface area contributed by atoms with Gasteiger partial charge in [-0.1, -0.05) is 38.1 Å². The third kappa shape index (κ3) is 0.967. The molecule has 80 valence electrons. The van der Waals surface area contributed by atoms with E-state index in [1.54, 1.807) is 24.3 Å². The van der Waals surface area contributed by atoms with Crippen LogP contribution in [0.15, 0.2) is 35.4 Å². The molecule has 1 aromatic carbocycles. The predicted molar refractivity (Wildman–Crippen MR) is 60.5 cm³/mol. The molecular weight excluding hydrogens is 200 g/mol. The second-order valence-electron chi connectivity index (χ2n) is 5.12. The van der Waals surface area contributed by atoms with Crippen LogP contribution >= 0.6 is 0 Å². The minimum absolute atomic E-state index is 0.0430. The summed E-state index contributed by atoms with van der Waals surface area (Å²) in [5, 5.41) is 0. The first kappa shape index (κ1) is 9.52. The van der Waals surface area contributed by atoms with Crippen LogP contribution in [0, 0.1) is 5.41 Å². The number of Topliss-reactive ketones (excluding diaryl/α,β-unsaturated/α-hetero) is 2. The van der Waals surface area contributed by atoms with E-state index in [2.05, 4.69) is 0 Å². The molecule has 0 spiro atoms. The smallest absolute Gasteiger partial charge is 0.190 e. The third-order valence-corrected chi connectivity index (χ3v) is 3.51. The SMILES string of the molecule is CC1(C)CC2=C1C(=O)c1ccccc1C2=O. The maximum atomic E-state index is 12.2. The summed E-state index contributed by atoms with van der Waals surface area (Å²) in [4.78, 5) is 24.3. The van der Waals surface area contributed by atoms with Crippen molar-refractivity contribution in [3.63, 3.8) is 0 Å². The fourth-order valence-corrected chi connectivity index (χ4v) is 2.74. The van der Waals surface area contributed by atoms with E-state index in [1.807, 2.05) is 13.8 Å². The molecule has 0 aliphatic heterocycles. The Morgan fingerprint density at radius 2 is 1.56 bits per heavy atom. The average molecular weight is 212 g/mol. The van der Waals surface area contributed by atoms with Gasteiger partial charge in [0.05, 0.1) is 0 Å². The summed E-state index contributed by atoms with van der Waals surface area (Å²) in [6.45, 7) is 4.04. The molecule has 3 rings (SSSR count). The molecule has 2 heteroatoms. The lowest BCUT2D eigenvalue weighted by atomic mass is 9.60. The second kappa shape index (κ2) is 2.70. The van der Waals surface area contributed by atoms with Crippen LogP contribution < -0.4 is 0 Å². The summed E-state index contributed by atoms with van der Waals surface area (Å²) in [5.41, 5.74) is 2.47. The van der Waals surface area contributed by atoms with Crippen molar-refractivity contribution in [1.82, 2.24) is 0 Å². The molecule has 0 fully saturated rings. The number of allylic oxidation sites excluding steroid dienone is 2. The molecule has 0 atom stereocenters. The first-order valence-electron chi connectivity index (χ1n) is 5.44. The van der Waals surface area contributed by atoms with Crippen molar-refractivity contribution in [2.45, 2.75) is 20.3 Å². The molecule has 0 saturated carbocycles. The lowest BCUT2D eigenvalue weighted by Gasteiger charge is -2.41. The number of carbonyl (C=O) groups is 2. The van der Waals surface area contributed by atoms with E-state index in [1.165, 1.54) is 0 Å². The standard InChI is InChI=1S/C14H12O2/c1-14(2)7-10-11(14)13(16)9-6-4-3-5-8(9)12(10)15/h3-6H,7H2,1-2H3. The minimum atomic E-state index is -0.129. The Bertz CT molecular complexity index is 562. The van der Waals surface area contributed by atoms with Crippen LogP contribution in [0.25, 0.3) is 0 Å². The highest BCUT2D eigenvalue weighted by Crippen LogP contribution is 2.50. The van der Waals surface area contributed by atoms with Crippen molar-refractivity contribution in [2.24, 2.45) is 5.41 Å². The van der Waals surface area contributed by atoms with Gasteiger partial charge < -0.3 is 0 Å². The maximum Gasteiger partial charge on any atom is 0.190 e. The summed E-state index contributed by atoms with van der Waals surface area (Å²) >= 11 is 0. The monoisotopic (exact) mass is 212 g/mol. The molecule has 0 bridgehead atoms. The molecule has 16 heavy (non-hydrogen) atoms. The quantitative estimate of drug-likeness (QED) is 0.662. The second-order valence-corrected chi connectivity index (χ2v) is 5.12. The largest absolute Gasteiger partial charge is 0.289 e. The molecule has 2 nitrogen and oxygen atoms in total. The molecule has 0 saturated heterocycles. The molecule has 2 aliphatic carbocycles. The van der Waals surface area contributed by atoms with Gasteiger partial charge in [-0.2, -0.15) is 0 Å². The zero-order chi connectivity index (χ0) is 11.5. The van der Waals surface area contributed by atoms with E-state index in [-0.39, 0.29) is 17.0 Å². The van der Waals surface area contributed by atoms with Crippen LogP contribution in [0.2, 0.25) is 0 Å². The Morgan fingerprint density at radius 3 is 2.12 bits per heavy atom. The first-order chi connectivity index (χ1) is 7.52. The summed E-state index contributed by atoms with van der Waals surface area (Å²) in [6, 6.07) is 7.10. The summed E-state index contributed by atoms with van der Waals surface area (Å²) in [5.74, 6) is 0.0889. The highest BCUT2D eigenvalue weighted by atomic mass is 16.1. The molecule has 0 unspecified atom stereocenters. The Morgan fingerprint density at radius 1 is 1.00 bits per heavy atom. The van der Waals surface area contributed by atoms with Crippen LogP contribution in [0.4, 0.5) is 0 Å². The minimum Gasteiger partial charge on any atom is -0.289 e. The van der Waals surface area contributed by atoms with E-state index < -0.39 is 0 Å². The van der Waals surface area contributed by atoms with Crippen molar-refractivity contribution in [3.8, 4) is 0 Å². The topological polar surface area (TPSA) is 34.1 Å². The van der Waals surface area contributed by atoms with E-state index >= 15 is 0 Å². The van der Waals surface area contributed by atoms with Crippen LogP contribution in [0.1, 0.15) is 41.0 Å². The van der Waals surface area contributed by atoms with Crippen LogP contribution in [-0.2, 0) is 0 Å². The van der Waals surface area contributed by atoms with E-state index in [0.29, 0.717) is 11.1 Å². The fourth-order valence-electron chi connectivity index (χ4n) is 2.74. The normalized spacial score (nSPS) is 21.4. The van der Waals surface area contributed by atoms with Gasteiger partial charge in [0.2, 0.25) is 0 Å². The van der Waals surface area contributed by atoms with Crippen molar-refractivity contribution >= 4 is 11.6 Å². The zero-order valence-electron chi connectivity index (χ0n) is 9.33. The Kier molecular flexibility index (Phi) is 1.61. The van der Waals surface area contributed by atoms with Crippen molar-refractivity contribution in [1.29, 1.82) is 0 Å². The maximum absolute atomic E-state index is 12.2. The molecular formula is C14H12O2. The Hall–Kier alpha value is -1.70.